The minimum Gasteiger partial charge on any atom is -0.393 e. The molecule has 3 fully saturated rings. The van der Waals surface area contributed by atoms with Crippen LogP contribution in [0, 0.1) is 11.3 Å². The van der Waals surface area contributed by atoms with Crippen LogP contribution in [0.4, 0.5) is 0 Å². The van der Waals surface area contributed by atoms with E-state index in [1.807, 2.05) is 0 Å². The Morgan fingerprint density at radius 1 is 1.18 bits per heavy atom. The number of fused-ring (bicyclic) bond motifs is 3. The normalized spacial score (nSPS) is 42.4. The second kappa shape index (κ2) is 2.44. The van der Waals surface area contributed by atoms with E-state index >= 15 is 0 Å². The fourth-order valence-electron chi connectivity index (χ4n) is 2.62. The van der Waals surface area contributed by atoms with Crippen molar-refractivity contribution in [3.63, 3.8) is 0 Å². The maximum atomic E-state index is 5.77. The zero-order chi connectivity index (χ0) is 7.90. The molecule has 0 amide bonds. The van der Waals surface area contributed by atoms with Crippen LogP contribution in [0.5, 0.6) is 0 Å². The van der Waals surface area contributed by atoms with Gasteiger partial charge in [0, 0.05) is 5.41 Å². The van der Waals surface area contributed by atoms with Gasteiger partial charge in [-0.3, -0.25) is 0 Å². The van der Waals surface area contributed by atoms with Crippen LogP contribution in [0.15, 0.2) is 0 Å². The van der Waals surface area contributed by atoms with Crippen molar-refractivity contribution in [3.8, 4) is 0 Å². The molecule has 11 heavy (non-hydrogen) atoms. The predicted molar refractivity (Wildman–Crippen MR) is 50.4 cm³/mol. The number of rotatable bonds is 1. The molecule has 62 valence electrons. The molecular weight excluding hydrogens is 154 g/mol. The van der Waals surface area contributed by atoms with E-state index in [0.29, 0.717) is 5.41 Å². The van der Waals surface area contributed by atoms with Gasteiger partial charge >= 0.3 is 0 Å². The monoisotopic (exact) mass is 169 g/mol. The summed E-state index contributed by atoms with van der Waals surface area (Å²) in [6.07, 6.45) is 7.93. The van der Waals surface area contributed by atoms with Gasteiger partial charge in [0.05, 0.1) is 4.99 Å². The Morgan fingerprint density at radius 3 is 1.91 bits per heavy atom. The molecule has 0 aliphatic heterocycles. The van der Waals surface area contributed by atoms with Crippen molar-refractivity contribution in [1.82, 2.24) is 0 Å². The van der Waals surface area contributed by atoms with E-state index in [0.717, 1.165) is 10.9 Å². The Bertz CT molecular complexity index is 166. The lowest BCUT2D eigenvalue weighted by molar-refractivity contribution is 0.129. The fourth-order valence-corrected chi connectivity index (χ4v) is 2.93. The Kier molecular flexibility index (Phi) is 1.67. The molecule has 2 N–H and O–H groups in total. The highest BCUT2D eigenvalue weighted by atomic mass is 32.1. The zero-order valence-corrected chi connectivity index (χ0v) is 7.62. The number of nitrogens with two attached hydrogens (primary N) is 1. The SMILES string of the molecule is NC(=S)C12CCC(CC1)CC2. The molecule has 0 atom stereocenters. The van der Waals surface area contributed by atoms with Crippen molar-refractivity contribution in [3.05, 3.63) is 0 Å². The summed E-state index contributed by atoms with van der Waals surface area (Å²) in [5.74, 6) is 1.01. The van der Waals surface area contributed by atoms with E-state index in [-0.39, 0.29) is 0 Å². The molecule has 0 aromatic rings. The second-order valence-corrected chi connectivity index (χ2v) is 4.57. The van der Waals surface area contributed by atoms with E-state index in [4.69, 9.17) is 18.0 Å². The molecule has 3 aliphatic carbocycles. The maximum Gasteiger partial charge on any atom is 0.0790 e. The molecule has 2 heteroatoms. The van der Waals surface area contributed by atoms with Gasteiger partial charge in [-0.25, -0.2) is 0 Å². The number of hydrogen-bond acceptors (Lipinski definition) is 1. The Labute approximate surface area is 73.3 Å². The van der Waals surface area contributed by atoms with Gasteiger partial charge in [-0.2, -0.15) is 0 Å². The molecule has 3 saturated carbocycles. The number of hydrogen-bond donors (Lipinski definition) is 1. The van der Waals surface area contributed by atoms with Gasteiger partial charge in [0.1, 0.15) is 0 Å². The van der Waals surface area contributed by atoms with Crippen molar-refractivity contribution >= 4 is 17.2 Å². The molecule has 0 spiro atoms. The lowest BCUT2D eigenvalue weighted by atomic mass is 9.61. The Morgan fingerprint density at radius 2 is 1.64 bits per heavy atom. The standard InChI is InChI=1S/C9H15NS/c10-8(11)9-4-1-7(2-5-9)3-6-9/h7H,1-6H2,(H2,10,11). The van der Waals surface area contributed by atoms with Gasteiger partial charge in [-0.05, 0) is 44.4 Å². The summed E-state index contributed by atoms with van der Waals surface area (Å²) in [6, 6.07) is 0. The lowest BCUT2D eigenvalue weighted by Crippen LogP contribution is -2.43. The van der Waals surface area contributed by atoms with Crippen molar-refractivity contribution < 1.29 is 0 Å². The topological polar surface area (TPSA) is 26.0 Å². The van der Waals surface area contributed by atoms with Gasteiger partial charge in [-0.1, -0.05) is 12.2 Å². The van der Waals surface area contributed by atoms with Crippen molar-refractivity contribution in [2.75, 3.05) is 0 Å². The molecule has 2 bridgehead atoms. The maximum absolute atomic E-state index is 5.77. The summed E-state index contributed by atoms with van der Waals surface area (Å²) in [7, 11) is 0. The van der Waals surface area contributed by atoms with Crippen LogP contribution >= 0.6 is 12.2 Å². The highest BCUT2D eigenvalue weighted by Gasteiger charge is 2.42. The van der Waals surface area contributed by atoms with Crippen LogP contribution in [0.25, 0.3) is 0 Å². The molecule has 0 radical (unpaired) electrons. The third kappa shape index (κ3) is 1.08. The van der Waals surface area contributed by atoms with E-state index in [9.17, 15) is 0 Å². The first-order valence-corrected chi connectivity index (χ1v) is 4.94. The van der Waals surface area contributed by atoms with Crippen LogP contribution in [0.1, 0.15) is 38.5 Å². The molecule has 0 unspecified atom stereocenters. The summed E-state index contributed by atoms with van der Waals surface area (Å²) in [4.78, 5) is 0.788. The van der Waals surface area contributed by atoms with Crippen LogP contribution in [-0.4, -0.2) is 4.99 Å². The zero-order valence-electron chi connectivity index (χ0n) is 6.81. The molecule has 0 saturated heterocycles. The van der Waals surface area contributed by atoms with Gasteiger partial charge in [0.2, 0.25) is 0 Å². The summed E-state index contributed by atoms with van der Waals surface area (Å²) in [5.41, 5.74) is 6.06. The number of thiocarbonyl (C=S) groups is 1. The average Bonchev–Trinajstić information content (AvgIpc) is 2.08. The fraction of sp³-hybridized carbons (Fsp3) is 0.889. The second-order valence-electron chi connectivity index (χ2n) is 4.13. The van der Waals surface area contributed by atoms with Crippen LogP contribution < -0.4 is 5.73 Å². The summed E-state index contributed by atoms with van der Waals surface area (Å²) in [6.45, 7) is 0. The van der Waals surface area contributed by atoms with Crippen molar-refractivity contribution in [2.45, 2.75) is 38.5 Å². The van der Waals surface area contributed by atoms with E-state index in [1.165, 1.54) is 38.5 Å². The average molecular weight is 169 g/mol. The first-order valence-electron chi connectivity index (χ1n) is 4.53. The van der Waals surface area contributed by atoms with Gasteiger partial charge in [0.25, 0.3) is 0 Å². The van der Waals surface area contributed by atoms with Crippen molar-refractivity contribution in [1.29, 1.82) is 0 Å². The molecule has 3 aliphatic rings. The molecular formula is C9H15NS. The van der Waals surface area contributed by atoms with E-state index in [1.54, 1.807) is 0 Å². The van der Waals surface area contributed by atoms with E-state index < -0.39 is 0 Å². The minimum atomic E-state index is 0.296. The van der Waals surface area contributed by atoms with Crippen LogP contribution in [0.2, 0.25) is 0 Å². The molecule has 3 rings (SSSR count). The van der Waals surface area contributed by atoms with E-state index in [2.05, 4.69) is 0 Å². The molecule has 0 aromatic carbocycles. The summed E-state index contributed by atoms with van der Waals surface area (Å²) >= 11 is 5.13. The lowest BCUT2D eigenvalue weighted by Gasteiger charge is -2.45. The van der Waals surface area contributed by atoms with Gasteiger partial charge < -0.3 is 5.73 Å². The highest BCUT2D eigenvalue weighted by molar-refractivity contribution is 7.80. The molecule has 0 aromatic heterocycles. The van der Waals surface area contributed by atoms with Gasteiger partial charge in [0.15, 0.2) is 0 Å². The Balaban J connectivity index is 2.18. The van der Waals surface area contributed by atoms with Crippen molar-refractivity contribution in [2.24, 2.45) is 17.1 Å². The quantitative estimate of drug-likeness (QED) is 0.609. The third-order valence-electron chi connectivity index (χ3n) is 3.62. The summed E-state index contributed by atoms with van der Waals surface area (Å²) in [5, 5.41) is 0. The minimum absolute atomic E-state index is 0.296. The largest absolute Gasteiger partial charge is 0.393 e. The summed E-state index contributed by atoms with van der Waals surface area (Å²) < 4.78 is 0. The highest BCUT2D eigenvalue weighted by Crippen LogP contribution is 2.50. The predicted octanol–water partition coefficient (Wildman–Crippen LogP) is 2.24. The molecule has 0 heterocycles. The van der Waals surface area contributed by atoms with Gasteiger partial charge in [-0.15, -0.1) is 0 Å². The molecule has 1 nitrogen and oxygen atoms in total. The first-order chi connectivity index (χ1) is 5.23. The van der Waals surface area contributed by atoms with Crippen LogP contribution in [0.3, 0.4) is 0 Å². The van der Waals surface area contributed by atoms with Crippen LogP contribution in [-0.2, 0) is 0 Å². The third-order valence-corrected chi connectivity index (χ3v) is 4.05. The first kappa shape index (κ1) is 7.53. The Hall–Kier alpha value is -0.110. The smallest absolute Gasteiger partial charge is 0.0790 e.